The number of urea groups is 1. The number of hydrogen-bond acceptors (Lipinski definition) is 4. The molecule has 0 aliphatic carbocycles. The first-order chi connectivity index (χ1) is 11.1. The van der Waals surface area contributed by atoms with E-state index in [1.54, 1.807) is 12.0 Å². The third-order valence-corrected chi connectivity index (χ3v) is 4.19. The van der Waals surface area contributed by atoms with Crippen LogP contribution in [0.3, 0.4) is 0 Å². The van der Waals surface area contributed by atoms with Gasteiger partial charge in [-0.15, -0.1) is 0 Å². The van der Waals surface area contributed by atoms with Crippen LogP contribution in [0.1, 0.15) is 25.3 Å². The fourth-order valence-electron chi connectivity index (χ4n) is 2.89. The molecule has 2 amide bonds. The smallest absolute Gasteiger partial charge is 0.318 e. The largest absolute Gasteiger partial charge is 0.383 e. The Balaban J connectivity index is 1.94. The predicted molar refractivity (Wildman–Crippen MR) is 89.2 cm³/mol. The fraction of sp³-hybridized carbons (Fsp3) is 0.750. The van der Waals surface area contributed by atoms with Gasteiger partial charge in [-0.1, -0.05) is 0 Å². The molecule has 1 aromatic heterocycles. The standard InChI is InChI=1S/C16H29N5O2/c1-4-21-12-14(10-17-21)11-20(8-9-23-3)16(22)18-15-6-5-7-19(2)13-15/h10,12,15H,4-9,11,13H2,1-3H3,(H,18,22)/t15-/m1/s1. The number of ether oxygens (including phenoxy) is 1. The molecule has 1 aliphatic rings. The van der Waals surface area contributed by atoms with E-state index in [0.29, 0.717) is 19.7 Å². The summed E-state index contributed by atoms with van der Waals surface area (Å²) in [7, 11) is 3.75. The van der Waals surface area contributed by atoms with Crippen LogP contribution in [0, 0.1) is 0 Å². The van der Waals surface area contributed by atoms with Crippen molar-refractivity contribution in [1.82, 2.24) is 24.9 Å². The number of nitrogens with one attached hydrogen (secondary N) is 1. The third kappa shape index (κ3) is 5.51. The second kappa shape index (κ2) is 8.88. The molecule has 0 aromatic carbocycles. The summed E-state index contributed by atoms with van der Waals surface area (Å²) in [6.45, 7) is 6.55. The summed E-state index contributed by atoms with van der Waals surface area (Å²) in [4.78, 5) is 16.7. The van der Waals surface area contributed by atoms with Gasteiger partial charge >= 0.3 is 6.03 Å². The van der Waals surface area contributed by atoms with Crippen molar-refractivity contribution < 1.29 is 9.53 Å². The van der Waals surface area contributed by atoms with Gasteiger partial charge in [0.15, 0.2) is 0 Å². The molecule has 0 unspecified atom stereocenters. The van der Waals surface area contributed by atoms with Crippen LogP contribution in [0.15, 0.2) is 12.4 Å². The molecule has 0 radical (unpaired) electrons. The molecule has 2 rings (SSSR count). The molecule has 1 atom stereocenters. The summed E-state index contributed by atoms with van der Waals surface area (Å²) in [5.41, 5.74) is 1.04. The van der Waals surface area contributed by atoms with Crippen LogP contribution in [-0.2, 0) is 17.8 Å². The van der Waals surface area contributed by atoms with Gasteiger partial charge in [0.25, 0.3) is 0 Å². The maximum Gasteiger partial charge on any atom is 0.318 e. The van der Waals surface area contributed by atoms with Crippen LogP contribution in [0.2, 0.25) is 0 Å². The van der Waals surface area contributed by atoms with Crippen molar-refractivity contribution in [2.24, 2.45) is 0 Å². The molecule has 0 bridgehead atoms. The van der Waals surface area contributed by atoms with E-state index in [1.807, 2.05) is 24.0 Å². The number of likely N-dealkylation sites (N-methyl/N-ethyl adjacent to an activating group) is 1. The van der Waals surface area contributed by atoms with Crippen LogP contribution >= 0.6 is 0 Å². The number of rotatable bonds is 7. The van der Waals surface area contributed by atoms with Crippen LogP contribution in [-0.4, -0.2) is 72.1 Å². The van der Waals surface area contributed by atoms with Crippen molar-refractivity contribution in [2.45, 2.75) is 38.9 Å². The number of likely N-dealkylation sites (tertiary alicyclic amines) is 1. The van der Waals surface area contributed by atoms with E-state index in [1.165, 1.54) is 0 Å². The zero-order chi connectivity index (χ0) is 16.7. The molecule has 1 fully saturated rings. The molecule has 2 heterocycles. The highest BCUT2D eigenvalue weighted by Gasteiger charge is 2.22. The van der Waals surface area contributed by atoms with Crippen molar-refractivity contribution in [3.05, 3.63) is 18.0 Å². The number of carbonyl (C=O) groups excluding carboxylic acids is 1. The maximum absolute atomic E-state index is 12.6. The van der Waals surface area contributed by atoms with Gasteiger partial charge in [-0.2, -0.15) is 5.10 Å². The second-order valence-electron chi connectivity index (χ2n) is 6.17. The summed E-state index contributed by atoms with van der Waals surface area (Å²) in [6, 6.07) is 0.205. The van der Waals surface area contributed by atoms with Gasteiger partial charge in [0.05, 0.1) is 19.3 Å². The molecule has 1 aromatic rings. The second-order valence-corrected chi connectivity index (χ2v) is 6.17. The number of carbonyl (C=O) groups is 1. The number of methoxy groups -OCH3 is 1. The third-order valence-electron chi connectivity index (χ3n) is 4.19. The number of piperidine rings is 1. The van der Waals surface area contributed by atoms with Crippen LogP contribution in [0.4, 0.5) is 4.79 Å². The van der Waals surface area contributed by atoms with Gasteiger partial charge in [0, 0.05) is 44.5 Å². The highest BCUT2D eigenvalue weighted by atomic mass is 16.5. The van der Waals surface area contributed by atoms with Gasteiger partial charge in [-0.05, 0) is 33.4 Å². The molecule has 7 nitrogen and oxygen atoms in total. The highest BCUT2D eigenvalue weighted by molar-refractivity contribution is 5.74. The molecule has 1 saturated heterocycles. The topological polar surface area (TPSA) is 62.6 Å². The summed E-state index contributed by atoms with van der Waals surface area (Å²) in [5, 5.41) is 7.44. The summed E-state index contributed by atoms with van der Waals surface area (Å²) < 4.78 is 7.02. The molecule has 1 aliphatic heterocycles. The maximum atomic E-state index is 12.6. The molecule has 23 heavy (non-hydrogen) atoms. The van der Waals surface area contributed by atoms with Gasteiger partial charge < -0.3 is 19.9 Å². The summed E-state index contributed by atoms with van der Waals surface area (Å²) in [5.74, 6) is 0. The molecule has 130 valence electrons. The zero-order valence-corrected chi connectivity index (χ0v) is 14.5. The SMILES string of the molecule is CCn1cc(CN(CCOC)C(=O)N[C@@H]2CCCN(C)C2)cn1. The fourth-order valence-corrected chi connectivity index (χ4v) is 2.89. The van der Waals surface area contributed by atoms with E-state index in [9.17, 15) is 4.79 Å². The Morgan fingerprint density at radius 1 is 1.57 bits per heavy atom. The predicted octanol–water partition coefficient (Wildman–Crippen LogP) is 1.16. The summed E-state index contributed by atoms with van der Waals surface area (Å²) >= 11 is 0. The van der Waals surface area contributed by atoms with Crippen molar-refractivity contribution in [3.63, 3.8) is 0 Å². The minimum Gasteiger partial charge on any atom is -0.383 e. The Morgan fingerprint density at radius 3 is 3.04 bits per heavy atom. The van der Waals surface area contributed by atoms with E-state index >= 15 is 0 Å². The molecule has 7 heteroatoms. The number of aromatic nitrogens is 2. The van der Waals surface area contributed by atoms with Crippen molar-refractivity contribution in [2.75, 3.05) is 40.4 Å². The lowest BCUT2D eigenvalue weighted by Crippen LogP contribution is -2.51. The average molecular weight is 323 g/mol. The monoisotopic (exact) mass is 323 g/mol. The van der Waals surface area contributed by atoms with Crippen molar-refractivity contribution >= 4 is 6.03 Å². The van der Waals surface area contributed by atoms with E-state index in [2.05, 4.69) is 22.4 Å². The van der Waals surface area contributed by atoms with Crippen molar-refractivity contribution in [3.8, 4) is 0 Å². The Morgan fingerprint density at radius 2 is 2.39 bits per heavy atom. The van der Waals surface area contributed by atoms with Crippen LogP contribution in [0.5, 0.6) is 0 Å². The number of amides is 2. The quantitative estimate of drug-likeness (QED) is 0.818. The molecule has 0 saturated carbocycles. The Labute approximate surface area is 138 Å². The van der Waals surface area contributed by atoms with Crippen LogP contribution < -0.4 is 5.32 Å². The Bertz CT molecular complexity index is 491. The molecule has 1 N–H and O–H groups in total. The first kappa shape index (κ1) is 17.7. The lowest BCUT2D eigenvalue weighted by Gasteiger charge is -2.32. The normalized spacial score (nSPS) is 18.8. The van der Waals surface area contributed by atoms with E-state index < -0.39 is 0 Å². The first-order valence-corrected chi connectivity index (χ1v) is 8.36. The van der Waals surface area contributed by atoms with E-state index in [0.717, 1.165) is 38.0 Å². The average Bonchev–Trinajstić information content (AvgIpc) is 2.99. The highest BCUT2D eigenvalue weighted by Crippen LogP contribution is 2.10. The lowest BCUT2D eigenvalue weighted by atomic mass is 10.1. The summed E-state index contributed by atoms with van der Waals surface area (Å²) in [6.07, 6.45) is 5.98. The minimum absolute atomic E-state index is 0.0217. The number of nitrogens with zero attached hydrogens (tertiary/aromatic N) is 4. The Hall–Kier alpha value is -1.60. The molecular formula is C16H29N5O2. The van der Waals surface area contributed by atoms with E-state index in [4.69, 9.17) is 4.74 Å². The van der Waals surface area contributed by atoms with Crippen molar-refractivity contribution in [1.29, 1.82) is 0 Å². The van der Waals surface area contributed by atoms with Gasteiger partial charge in [0.2, 0.25) is 0 Å². The van der Waals surface area contributed by atoms with Gasteiger partial charge in [-0.3, -0.25) is 4.68 Å². The zero-order valence-electron chi connectivity index (χ0n) is 14.5. The van der Waals surface area contributed by atoms with E-state index in [-0.39, 0.29) is 12.1 Å². The lowest BCUT2D eigenvalue weighted by molar-refractivity contribution is 0.140. The number of aryl methyl sites for hydroxylation is 1. The van der Waals surface area contributed by atoms with Crippen LogP contribution in [0.25, 0.3) is 0 Å². The van der Waals surface area contributed by atoms with Gasteiger partial charge in [0.1, 0.15) is 0 Å². The van der Waals surface area contributed by atoms with Gasteiger partial charge in [-0.25, -0.2) is 4.79 Å². The Kier molecular flexibility index (Phi) is 6.85. The first-order valence-electron chi connectivity index (χ1n) is 8.36. The molecular weight excluding hydrogens is 294 g/mol. The molecule has 0 spiro atoms. The minimum atomic E-state index is -0.0217. The number of hydrogen-bond donors (Lipinski definition) is 1.